The molecule has 26 heavy (non-hydrogen) atoms. The highest BCUT2D eigenvalue weighted by atomic mass is 35.5. The van der Waals surface area contributed by atoms with Crippen LogP contribution in [-0.4, -0.2) is 9.46 Å². The van der Waals surface area contributed by atoms with Crippen LogP contribution in [-0.2, 0) is 10.8 Å². The van der Waals surface area contributed by atoms with Gasteiger partial charge in [-0.2, -0.15) is 14.0 Å². The third kappa shape index (κ3) is 2.93. The van der Waals surface area contributed by atoms with Gasteiger partial charge in [0.05, 0.1) is 22.1 Å². The molecule has 3 nitrogen and oxygen atoms in total. The lowest BCUT2D eigenvalue weighted by Crippen LogP contribution is -2.22. The van der Waals surface area contributed by atoms with Crippen molar-refractivity contribution in [3.8, 4) is 17.6 Å². The average Bonchev–Trinajstić information content (AvgIpc) is 2.74. The van der Waals surface area contributed by atoms with Crippen molar-refractivity contribution >= 4 is 22.4 Å². The maximum Gasteiger partial charge on any atom is 0.360 e. The zero-order valence-electron chi connectivity index (χ0n) is 12.5. The molecule has 0 amide bonds. The fraction of sp³-hybridized carbons (Fsp3) is 0.188. The highest BCUT2D eigenvalue weighted by molar-refractivity contribution is 7.86. The first-order chi connectivity index (χ1) is 12.2. The van der Waals surface area contributed by atoms with Gasteiger partial charge in [-0.3, -0.25) is 0 Å². The third-order valence-corrected chi connectivity index (χ3v) is 5.38. The predicted molar refractivity (Wildman–Crippen MR) is 82.8 cm³/mol. The van der Waals surface area contributed by atoms with E-state index in [0.29, 0.717) is 0 Å². The molecule has 2 atom stereocenters. The van der Waals surface area contributed by atoms with E-state index in [0.717, 1.165) is 12.1 Å². The average molecular weight is 408 g/mol. The normalized spacial score (nSPS) is 20.7. The van der Waals surface area contributed by atoms with Crippen LogP contribution in [0.25, 0.3) is 0 Å². The Hall–Kier alpha value is -2.18. The Balaban J connectivity index is 2.14. The Kier molecular flexibility index (Phi) is 4.67. The van der Waals surface area contributed by atoms with Gasteiger partial charge in [0.1, 0.15) is 22.3 Å². The van der Waals surface area contributed by atoms with Gasteiger partial charge < -0.3 is 4.74 Å². The lowest BCUT2D eigenvalue weighted by Gasteiger charge is -2.14. The summed E-state index contributed by atoms with van der Waals surface area (Å²) >= 11 is 5.79. The van der Waals surface area contributed by atoms with E-state index in [4.69, 9.17) is 21.6 Å². The Morgan fingerprint density at radius 1 is 1.27 bits per heavy atom. The molecule has 1 aliphatic rings. The molecule has 0 fully saturated rings. The van der Waals surface area contributed by atoms with Gasteiger partial charge in [0.25, 0.3) is 6.43 Å². The Labute approximate surface area is 151 Å². The van der Waals surface area contributed by atoms with Crippen molar-refractivity contribution < 1.29 is 30.9 Å². The van der Waals surface area contributed by atoms with Crippen molar-refractivity contribution in [1.29, 1.82) is 5.26 Å². The second-order valence-corrected chi connectivity index (χ2v) is 7.21. The van der Waals surface area contributed by atoms with Crippen LogP contribution in [0.1, 0.15) is 29.3 Å². The molecule has 1 aliphatic heterocycles. The van der Waals surface area contributed by atoms with Gasteiger partial charge in [-0.05, 0) is 24.3 Å². The Morgan fingerprint density at radius 3 is 2.58 bits per heavy atom. The van der Waals surface area contributed by atoms with Crippen LogP contribution in [0.4, 0.5) is 22.0 Å². The first-order valence-corrected chi connectivity index (χ1v) is 8.46. The number of halogens is 6. The molecular formula is C16H7ClF5NO2S. The summed E-state index contributed by atoms with van der Waals surface area (Å²) in [5.41, 5.74) is -1.77. The summed E-state index contributed by atoms with van der Waals surface area (Å²) in [5, 5.41) is 4.66. The van der Waals surface area contributed by atoms with E-state index >= 15 is 0 Å². The van der Waals surface area contributed by atoms with Crippen LogP contribution in [0.3, 0.4) is 0 Å². The first-order valence-electron chi connectivity index (χ1n) is 6.94. The monoisotopic (exact) mass is 407 g/mol. The molecule has 0 saturated carbocycles. The van der Waals surface area contributed by atoms with Crippen LogP contribution in [0, 0.1) is 11.3 Å². The zero-order valence-corrected chi connectivity index (χ0v) is 14.1. The van der Waals surface area contributed by atoms with Gasteiger partial charge in [-0.1, -0.05) is 17.7 Å². The molecule has 2 aromatic rings. The number of alkyl halides is 5. The second kappa shape index (κ2) is 6.52. The maximum atomic E-state index is 13.8. The molecule has 0 bridgehead atoms. The van der Waals surface area contributed by atoms with E-state index in [1.807, 2.05) is 0 Å². The van der Waals surface area contributed by atoms with Crippen LogP contribution in [0.5, 0.6) is 11.5 Å². The summed E-state index contributed by atoms with van der Waals surface area (Å²) in [7, 11) is -3.30. The summed E-state index contributed by atoms with van der Waals surface area (Å²) in [6, 6.07) is 7.21. The van der Waals surface area contributed by atoms with Crippen LogP contribution in [0.15, 0.2) is 35.2 Å². The molecule has 2 aromatic carbocycles. The second-order valence-electron chi connectivity index (χ2n) is 5.28. The standard InChI is InChI=1S/C16H7ClF5NO2S/c17-8-3-7(6-23)4-9(5-8)25-11-2-1-10-13(12(11)15(19)20)26(24)16(21,22)14(10)18/h1-5,14-15H/t14-,26?/m0/s1. The van der Waals surface area contributed by atoms with Crippen LogP contribution < -0.4 is 4.74 Å². The van der Waals surface area contributed by atoms with E-state index in [1.54, 1.807) is 6.07 Å². The summed E-state index contributed by atoms with van der Waals surface area (Å²) in [6.07, 6.45) is -6.30. The largest absolute Gasteiger partial charge is 0.457 e. The van der Waals surface area contributed by atoms with Gasteiger partial charge in [0, 0.05) is 10.6 Å². The fourth-order valence-electron chi connectivity index (χ4n) is 2.52. The van der Waals surface area contributed by atoms with Crippen molar-refractivity contribution in [2.75, 3.05) is 0 Å². The topological polar surface area (TPSA) is 50.1 Å². The van der Waals surface area contributed by atoms with Crippen molar-refractivity contribution in [3.63, 3.8) is 0 Å². The molecule has 0 saturated heterocycles. The maximum absolute atomic E-state index is 13.8. The quantitative estimate of drug-likeness (QED) is 0.616. The van der Waals surface area contributed by atoms with E-state index < -0.39 is 50.4 Å². The lowest BCUT2D eigenvalue weighted by atomic mass is 10.1. The number of hydrogen-bond donors (Lipinski definition) is 0. The first kappa shape index (κ1) is 18.6. The molecule has 1 heterocycles. The van der Waals surface area contributed by atoms with Crippen molar-refractivity contribution in [2.45, 2.75) is 22.7 Å². The number of benzene rings is 2. The summed E-state index contributed by atoms with van der Waals surface area (Å²) < 4.78 is 85.3. The number of nitriles is 1. The van der Waals surface area contributed by atoms with Gasteiger partial charge in [0.2, 0.25) is 6.17 Å². The van der Waals surface area contributed by atoms with Gasteiger partial charge >= 0.3 is 5.25 Å². The zero-order chi connectivity index (χ0) is 19.2. The van der Waals surface area contributed by atoms with Gasteiger partial charge in [0.15, 0.2) is 0 Å². The van der Waals surface area contributed by atoms with Crippen molar-refractivity contribution in [3.05, 3.63) is 52.0 Å². The number of fused-ring (bicyclic) bond motifs is 1. The molecular weight excluding hydrogens is 401 g/mol. The summed E-state index contributed by atoms with van der Waals surface area (Å²) in [5.74, 6) is -0.689. The van der Waals surface area contributed by atoms with E-state index in [9.17, 15) is 26.2 Å². The third-order valence-electron chi connectivity index (χ3n) is 3.63. The van der Waals surface area contributed by atoms with Crippen molar-refractivity contribution in [2.24, 2.45) is 0 Å². The molecule has 3 rings (SSSR count). The van der Waals surface area contributed by atoms with E-state index in [-0.39, 0.29) is 16.3 Å². The molecule has 0 radical (unpaired) electrons. The molecule has 1 unspecified atom stereocenters. The number of ether oxygens (including phenoxy) is 1. The van der Waals surface area contributed by atoms with Gasteiger partial charge in [-0.25, -0.2) is 17.4 Å². The fourth-order valence-corrected chi connectivity index (χ4v) is 4.11. The lowest BCUT2D eigenvalue weighted by molar-refractivity contribution is 0.0143. The number of rotatable bonds is 3. The summed E-state index contributed by atoms with van der Waals surface area (Å²) in [6.45, 7) is 0. The van der Waals surface area contributed by atoms with E-state index in [2.05, 4.69) is 0 Å². The Bertz CT molecular complexity index is 960. The van der Waals surface area contributed by atoms with Crippen LogP contribution in [0.2, 0.25) is 5.02 Å². The highest BCUT2D eigenvalue weighted by Gasteiger charge is 2.57. The molecule has 10 heteroatoms. The van der Waals surface area contributed by atoms with Crippen molar-refractivity contribution in [1.82, 2.24) is 0 Å². The minimum atomic E-state index is -4.31. The minimum absolute atomic E-state index is 0.0752. The molecule has 136 valence electrons. The smallest absolute Gasteiger partial charge is 0.360 e. The molecule has 0 N–H and O–H groups in total. The molecule has 0 spiro atoms. The minimum Gasteiger partial charge on any atom is -0.457 e. The predicted octanol–water partition coefficient (Wildman–Crippen LogP) is 5.67. The number of hydrogen-bond acceptors (Lipinski definition) is 3. The van der Waals surface area contributed by atoms with Crippen LogP contribution >= 0.6 is 11.6 Å². The SMILES string of the molecule is N#Cc1cc(Cl)cc(Oc2ccc3c(c2C(F)F)S(=O)C(F)(F)[C@H]3F)c1. The molecule has 0 aliphatic carbocycles. The van der Waals surface area contributed by atoms with Gasteiger partial charge in [-0.15, -0.1) is 0 Å². The summed E-state index contributed by atoms with van der Waals surface area (Å²) in [4.78, 5) is -0.975. The highest BCUT2D eigenvalue weighted by Crippen LogP contribution is 2.53. The number of nitrogens with zero attached hydrogens (tertiary/aromatic N) is 1. The Morgan fingerprint density at radius 2 is 1.96 bits per heavy atom. The molecule has 0 aromatic heterocycles. The van der Waals surface area contributed by atoms with E-state index in [1.165, 1.54) is 18.2 Å².